The van der Waals surface area contributed by atoms with Crippen molar-refractivity contribution in [3.8, 4) is 5.95 Å². The molecule has 0 aliphatic heterocycles. The summed E-state index contributed by atoms with van der Waals surface area (Å²) in [7, 11) is 0. The molecule has 0 radical (unpaired) electrons. The number of hydrogen-bond donors (Lipinski definition) is 2. The van der Waals surface area contributed by atoms with Crippen LogP contribution in [0, 0.1) is 20.8 Å². The zero-order chi connectivity index (χ0) is 19.0. The molecular weight excluding hydrogens is 338 g/mol. The number of aromatic nitrogens is 5. The molecule has 3 aromatic rings. The summed E-state index contributed by atoms with van der Waals surface area (Å²) >= 11 is 0. The van der Waals surface area contributed by atoms with Gasteiger partial charge in [-0.05, 0) is 26.8 Å². The van der Waals surface area contributed by atoms with Gasteiger partial charge < -0.3 is 9.72 Å². The lowest BCUT2D eigenvalue weighted by Crippen LogP contribution is -2.23. The Morgan fingerprint density at radius 1 is 1.19 bits per heavy atom. The third-order valence-corrected chi connectivity index (χ3v) is 3.98. The zero-order valence-electron chi connectivity index (χ0n) is 15.0. The summed E-state index contributed by atoms with van der Waals surface area (Å²) in [6, 6.07) is 1.79. The molecule has 26 heavy (non-hydrogen) atoms. The van der Waals surface area contributed by atoms with Gasteiger partial charge in [-0.1, -0.05) is 0 Å². The van der Waals surface area contributed by atoms with E-state index < -0.39 is 17.0 Å². The summed E-state index contributed by atoms with van der Waals surface area (Å²) in [5.41, 5.74) is 1.81. The number of pyridine rings is 1. The number of hydrogen-bond acceptors (Lipinski definition) is 6. The summed E-state index contributed by atoms with van der Waals surface area (Å²) in [6.07, 6.45) is 0.224. The van der Waals surface area contributed by atoms with E-state index in [0.717, 1.165) is 4.68 Å². The first-order valence-electron chi connectivity index (χ1n) is 8.10. The summed E-state index contributed by atoms with van der Waals surface area (Å²) in [5.74, 6) is -0.244. The number of nitrogens with one attached hydrogen (secondary N) is 2. The number of fused-ring (bicyclic) bond motifs is 1. The van der Waals surface area contributed by atoms with Crippen LogP contribution in [0.2, 0.25) is 0 Å². The highest BCUT2D eigenvalue weighted by atomic mass is 16.5. The maximum atomic E-state index is 12.8. The molecule has 0 spiro atoms. The minimum absolute atomic E-state index is 0.00353. The van der Waals surface area contributed by atoms with Crippen LogP contribution in [-0.2, 0) is 16.0 Å². The van der Waals surface area contributed by atoms with Gasteiger partial charge in [-0.3, -0.25) is 19.5 Å². The van der Waals surface area contributed by atoms with Crippen molar-refractivity contribution in [2.24, 2.45) is 0 Å². The fourth-order valence-electron chi connectivity index (χ4n) is 2.87. The van der Waals surface area contributed by atoms with Crippen molar-refractivity contribution >= 4 is 17.0 Å². The average molecular weight is 357 g/mol. The first-order valence-corrected chi connectivity index (χ1v) is 8.10. The summed E-state index contributed by atoms with van der Waals surface area (Å²) in [4.78, 5) is 48.0. The molecule has 0 aliphatic carbocycles. The topological polar surface area (TPSA) is 123 Å². The number of esters is 1. The maximum absolute atomic E-state index is 12.8. The van der Waals surface area contributed by atoms with E-state index in [2.05, 4.69) is 20.1 Å². The van der Waals surface area contributed by atoms with Crippen molar-refractivity contribution < 1.29 is 9.53 Å². The second-order valence-corrected chi connectivity index (χ2v) is 6.10. The number of rotatable bonds is 4. The van der Waals surface area contributed by atoms with Crippen molar-refractivity contribution in [3.05, 3.63) is 49.3 Å². The Bertz CT molecular complexity index is 1100. The highest BCUT2D eigenvalue weighted by molar-refractivity contribution is 5.75. The predicted molar refractivity (Wildman–Crippen MR) is 94.7 cm³/mol. The van der Waals surface area contributed by atoms with Crippen molar-refractivity contribution in [1.29, 1.82) is 0 Å². The molecule has 0 fully saturated rings. The van der Waals surface area contributed by atoms with Crippen LogP contribution in [0.1, 0.15) is 29.6 Å². The molecule has 0 unspecified atom stereocenters. The molecule has 0 atom stereocenters. The Kier molecular flexibility index (Phi) is 4.45. The van der Waals surface area contributed by atoms with E-state index in [1.165, 1.54) is 6.92 Å². The van der Waals surface area contributed by atoms with Gasteiger partial charge in [-0.2, -0.15) is 4.68 Å². The van der Waals surface area contributed by atoms with Gasteiger partial charge in [0.05, 0.1) is 6.61 Å². The van der Waals surface area contributed by atoms with Gasteiger partial charge in [0.2, 0.25) is 0 Å². The number of H-pyrrole nitrogens is 2. The van der Waals surface area contributed by atoms with Gasteiger partial charge in [-0.25, -0.2) is 9.97 Å². The van der Waals surface area contributed by atoms with Crippen molar-refractivity contribution in [3.63, 3.8) is 0 Å². The van der Waals surface area contributed by atoms with E-state index in [1.807, 2.05) is 0 Å². The Morgan fingerprint density at radius 2 is 1.85 bits per heavy atom. The van der Waals surface area contributed by atoms with Crippen molar-refractivity contribution in [1.82, 2.24) is 24.7 Å². The second kappa shape index (κ2) is 6.58. The summed E-state index contributed by atoms with van der Waals surface area (Å²) in [5, 5.41) is 2.85. The highest BCUT2D eigenvalue weighted by Crippen LogP contribution is 2.09. The number of ether oxygens (including phenoxy) is 1. The molecule has 3 rings (SSSR count). The van der Waals surface area contributed by atoms with Crippen LogP contribution < -0.4 is 11.0 Å². The fourth-order valence-corrected chi connectivity index (χ4v) is 2.87. The average Bonchev–Trinajstić information content (AvgIpc) is 2.86. The Morgan fingerprint density at radius 3 is 2.46 bits per heavy atom. The number of nitrogens with zero attached hydrogens (tertiary/aromatic N) is 3. The van der Waals surface area contributed by atoms with E-state index in [4.69, 9.17) is 4.74 Å². The quantitative estimate of drug-likeness (QED) is 0.667. The Labute approximate surface area is 148 Å². The van der Waals surface area contributed by atoms with E-state index in [-0.39, 0.29) is 24.4 Å². The molecule has 9 heteroatoms. The SMILES string of the molecule is CC(=O)OCCc1c(C)[nH]c2[nH]n(-c3nc(C)cc(C)n3)c(=O)c2c1=O. The number of carbonyl (C=O) groups is 1. The zero-order valence-corrected chi connectivity index (χ0v) is 15.0. The molecule has 0 saturated carbocycles. The van der Waals surface area contributed by atoms with Gasteiger partial charge in [0.25, 0.3) is 11.5 Å². The molecule has 3 heterocycles. The normalized spacial score (nSPS) is 11.1. The third kappa shape index (κ3) is 3.15. The van der Waals surface area contributed by atoms with Crippen LogP contribution in [0.5, 0.6) is 0 Å². The predicted octanol–water partition coefficient (Wildman–Crippen LogP) is 0.828. The van der Waals surface area contributed by atoms with Crippen LogP contribution in [0.25, 0.3) is 17.0 Å². The lowest BCUT2D eigenvalue weighted by molar-refractivity contribution is -0.140. The van der Waals surface area contributed by atoms with E-state index in [1.54, 1.807) is 26.8 Å². The molecule has 0 bridgehead atoms. The van der Waals surface area contributed by atoms with E-state index in [9.17, 15) is 14.4 Å². The van der Waals surface area contributed by atoms with Crippen molar-refractivity contribution in [2.75, 3.05) is 6.61 Å². The minimum Gasteiger partial charge on any atom is -0.466 e. The number of carbonyl (C=O) groups excluding carboxylic acids is 1. The van der Waals surface area contributed by atoms with Gasteiger partial charge >= 0.3 is 5.97 Å². The van der Waals surface area contributed by atoms with Gasteiger partial charge in [0, 0.05) is 36.0 Å². The molecule has 0 amide bonds. The molecule has 0 aliphatic rings. The molecule has 0 saturated heterocycles. The molecule has 136 valence electrons. The van der Waals surface area contributed by atoms with Crippen LogP contribution >= 0.6 is 0 Å². The lowest BCUT2D eigenvalue weighted by Gasteiger charge is -2.05. The third-order valence-electron chi connectivity index (χ3n) is 3.98. The maximum Gasteiger partial charge on any atom is 0.302 e. The van der Waals surface area contributed by atoms with Crippen LogP contribution in [-0.4, -0.2) is 37.3 Å². The van der Waals surface area contributed by atoms with Gasteiger partial charge in [-0.15, -0.1) is 0 Å². The number of aryl methyl sites for hydroxylation is 3. The smallest absolute Gasteiger partial charge is 0.302 e. The lowest BCUT2D eigenvalue weighted by atomic mass is 10.1. The largest absolute Gasteiger partial charge is 0.466 e. The highest BCUT2D eigenvalue weighted by Gasteiger charge is 2.18. The van der Waals surface area contributed by atoms with Crippen LogP contribution in [0.3, 0.4) is 0 Å². The molecule has 3 aromatic heterocycles. The Balaban J connectivity index is 2.14. The van der Waals surface area contributed by atoms with Crippen LogP contribution in [0.15, 0.2) is 15.7 Å². The Hall–Kier alpha value is -3.23. The molecule has 0 aromatic carbocycles. The molecular formula is C17H19N5O4. The van der Waals surface area contributed by atoms with Gasteiger partial charge in [0.15, 0.2) is 5.43 Å². The summed E-state index contributed by atoms with van der Waals surface area (Å²) < 4.78 is 6.05. The fraction of sp³-hybridized carbons (Fsp3) is 0.353. The first kappa shape index (κ1) is 17.6. The van der Waals surface area contributed by atoms with Crippen LogP contribution in [0.4, 0.5) is 0 Å². The monoisotopic (exact) mass is 357 g/mol. The van der Waals surface area contributed by atoms with E-state index in [0.29, 0.717) is 28.3 Å². The second-order valence-electron chi connectivity index (χ2n) is 6.10. The van der Waals surface area contributed by atoms with Crippen molar-refractivity contribution in [2.45, 2.75) is 34.1 Å². The number of aromatic amines is 2. The minimum atomic E-state index is -0.528. The van der Waals surface area contributed by atoms with Gasteiger partial charge in [0.1, 0.15) is 11.0 Å². The molecule has 9 nitrogen and oxygen atoms in total. The van der Waals surface area contributed by atoms with E-state index >= 15 is 0 Å². The summed E-state index contributed by atoms with van der Waals surface area (Å²) in [6.45, 7) is 6.70. The standard InChI is InChI=1S/C17H19N5O4/c1-8-7-9(2)19-17(18-8)22-16(25)13-14(24)12(5-6-26-11(4)23)10(3)20-15(13)21-22/h7H,5-6H2,1-4H3,(H2,20,21,24). The molecule has 2 N–H and O–H groups in total. The first-order chi connectivity index (χ1) is 12.3.